The summed E-state index contributed by atoms with van der Waals surface area (Å²) in [6, 6.07) is 7.68. The van der Waals surface area contributed by atoms with Crippen molar-refractivity contribution >= 4 is 23.0 Å². The van der Waals surface area contributed by atoms with Gasteiger partial charge in [-0.05, 0) is 62.9 Å². The largest absolute Gasteiger partial charge is 0.366 e. The standard InChI is InChI=1S/C17H18ClN3.C7H10N2/c1-4-20-13(3)16-11-21(8-7-12(16)2)17-6-5-15(18)9-14(17)10-19;1-3-7-4-8-6(2)9-5-7/h4-6,9H,1,7-8,11H2,2-3H3;4-5H,3H2,1-2H3. The Morgan fingerprint density at radius 3 is 2.63 bits per heavy atom. The minimum atomic E-state index is 0.587. The van der Waals surface area contributed by atoms with Gasteiger partial charge in [0, 0.05) is 42.4 Å². The van der Waals surface area contributed by atoms with Crippen molar-refractivity contribution in [1.82, 2.24) is 9.97 Å². The highest BCUT2D eigenvalue weighted by atomic mass is 35.5. The van der Waals surface area contributed by atoms with Gasteiger partial charge in [-0.3, -0.25) is 4.99 Å². The van der Waals surface area contributed by atoms with Crippen LogP contribution in [0.15, 0.2) is 59.5 Å². The fraction of sp³-hybridized carbons (Fsp3) is 0.333. The van der Waals surface area contributed by atoms with E-state index in [1.54, 1.807) is 12.3 Å². The van der Waals surface area contributed by atoms with Gasteiger partial charge in [-0.25, -0.2) is 9.97 Å². The van der Waals surface area contributed by atoms with Crippen LogP contribution in [0.5, 0.6) is 0 Å². The van der Waals surface area contributed by atoms with Gasteiger partial charge in [0.15, 0.2) is 0 Å². The van der Waals surface area contributed by atoms with Crippen LogP contribution in [-0.4, -0.2) is 28.8 Å². The maximum absolute atomic E-state index is 9.30. The molecule has 1 aromatic heterocycles. The maximum Gasteiger partial charge on any atom is 0.125 e. The Kier molecular flexibility index (Phi) is 8.76. The molecule has 0 bridgehead atoms. The van der Waals surface area contributed by atoms with Crippen molar-refractivity contribution in [2.75, 3.05) is 18.0 Å². The average Bonchev–Trinajstić information content (AvgIpc) is 2.75. The second-order valence-corrected chi connectivity index (χ2v) is 7.53. The third-order valence-electron chi connectivity index (χ3n) is 5.00. The van der Waals surface area contributed by atoms with E-state index in [0.29, 0.717) is 10.6 Å². The maximum atomic E-state index is 9.30. The average molecular weight is 422 g/mol. The summed E-state index contributed by atoms with van der Waals surface area (Å²) in [5.74, 6) is 0.840. The van der Waals surface area contributed by atoms with Crippen molar-refractivity contribution in [2.24, 2.45) is 4.99 Å². The van der Waals surface area contributed by atoms with Gasteiger partial charge in [-0.15, -0.1) is 0 Å². The summed E-state index contributed by atoms with van der Waals surface area (Å²) < 4.78 is 0. The van der Waals surface area contributed by atoms with E-state index in [9.17, 15) is 5.26 Å². The van der Waals surface area contributed by atoms with Crippen LogP contribution in [0.25, 0.3) is 0 Å². The third kappa shape index (κ3) is 6.27. The Balaban J connectivity index is 0.000000297. The molecule has 0 spiro atoms. The molecule has 0 amide bonds. The summed E-state index contributed by atoms with van der Waals surface area (Å²) in [4.78, 5) is 14.6. The van der Waals surface area contributed by atoms with Gasteiger partial charge >= 0.3 is 0 Å². The van der Waals surface area contributed by atoms with Crippen molar-refractivity contribution in [3.63, 3.8) is 0 Å². The molecular weight excluding hydrogens is 394 g/mol. The molecule has 1 aromatic carbocycles. The molecule has 2 heterocycles. The molecule has 1 aliphatic heterocycles. The molecule has 0 N–H and O–H groups in total. The SMILES string of the molecule is C=CN=C(C)C1=C(C)CCN(c2ccc(Cl)cc2C#N)C1.CCc1cnc(C)nc1. The van der Waals surface area contributed by atoms with Crippen LogP contribution >= 0.6 is 11.6 Å². The summed E-state index contributed by atoms with van der Waals surface area (Å²) in [5, 5.41) is 9.89. The van der Waals surface area contributed by atoms with Gasteiger partial charge in [0.2, 0.25) is 0 Å². The van der Waals surface area contributed by atoms with Gasteiger partial charge in [0.25, 0.3) is 0 Å². The summed E-state index contributed by atoms with van der Waals surface area (Å²) >= 11 is 5.97. The Bertz CT molecular complexity index is 984. The number of aryl methyl sites for hydroxylation is 2. The summed E-state index contributed by atoms with van der Waals surface area (Å²) in [7, 11) is 0. The summed E-state index contributed by atoms with van der Waals surface area (Å²) in [6.45, 7) is 13.4. The first-order valence-corrected chi connectivity index (χ1v) is 10.3. The second kappa shape index (κ2) is 11.3. The number of rotatable bonds is 4. The lowest BCUT2D eigenvalue weighted by Gasteiger charge is -2.32. The molecule has 0 fully saturated rings. The summed E-state index contributed by atoms with van der Waals surface area (Å²) in [5.41, 5.74) is 6.29. The highest BCUT2D eigenvalue weighted by Crippen LogP contribution is 2.28. The van der Waals surface area contributed by atoms with Crippen LogP contribution in [-0.2, 0) is 6.42 Å². The molecule has 6 heteroatoms. The van der Waals surface area contributed by atoms with Gasteiger partial charge in [-0.2, -0.15) is 5.26 Å². The number of aromatic nitrogens is 2. The number of anilines is 1. The lowest BCUT2D eigenvalue weighted by Crippen LogP contribution is -2.33. The molecular formula is C24H28ClN5. The van der Waals surface area contributed by atoms with E-state index in [2.05, 4.69) is 46.4 Å². The number of aliphatic imine (C=N–C) groups is 1. The highest BCUT2D eigenvalue weighted by molar-refractivity contribution is 6.30. The van der Waals surface area contributed by atoms with E-state index in [1.165, 1.54) is 16.7 Å². The fourth-order valence-electron chi connectivity index (χ4n) is 3.18. The zero-order valence-electron chi connectivity index (χ0n) is 18.1. The van der Waals surface area contributed by atoms with Crippen molar-refractivity contribution < 1.29 is 0 Å². The topological polar surface area (TPSA) is 65.2 Å². The molecule has 0 saturated heterocycles. The molecule has 5 nitrogen and oxygen atoms in total. The number of nitrogens with zero attached hydrogens (tertiary/aromatic N) is 5. The van der Waals surface area contributed by atoms with E-state index in [4.69, 9.17) is 11.6 Å². The van der Waals surface area contributed by atoms with Gasteiger partial charge in [-0.1, -0.05) is 30.7 Å². The number of benzene rings is 1. The van der Waals surface area contributed by atoms with Crippen LogP contribution in [0.1, 0.15) is 44.1 Å². The Labute approximate surface area is 184 Å². The minimum absolute atomic E-state index is 0.587. The number of halogens is 1. The number of hydrogen-bond donors (Lipinski definition) is 0. The minimum Gasteiger partial charge on any atom is -0.366 e. The molecule has 2 aromatic rings. The highest BCUT2D eigenvalue weighted by Gasteiger charge is 2.20. The quantitative estimate of drug-likeness (QED) is 0.594. The Hall–Kier alpha value is -2.97. The number of nitriles is 1. The summed E-state index contributed by atoms with van der Waals surface area (Å²) in [6.07, 6.45) is 7.27. The first kappa shape index (κ1) is 23.3. The molecule has 0 atom stereocenters. The van der Waals surface area contributed by atoms with Crippen LogP contribution in [0.4, 0.5) is 5.69 Å². The molecule has 1 aliphatic rings. The predicted octanol–water partition coefficient (Wildman–Crippen LogP) is 5.69. The first-order chi connectivity index (χ1) is 14.4. The Morgan fingerprint density at radius 2 is 2.03 bits per heavy atom. The normalized spacial score (nSPS) is 14.0. The van der Waals surface area contributed by atoms with Crippen molar-refractivity contribution in [3.8, 4) is 6.07 Å². The van der Waals surface area contributed by atoms with E-state index in [1.807, 2.05) is 38.4 Å². The van der Waals surface area contributed by atoms with E-state index in [0.717, 1.165) is 43.2 Å². The van der Waals surface area contributed by atoms with Crippen LogP contribution < -0.4 is 4.90 Å². The predicted molar refractivity (Wildman–Crippen MR) is 125 cm³/mol. The van der Waals surface area contributed by atoms with Crippen molar-refractivity contribution in [2.45, 2.75) is 40.5 Å². The Morgan fingerprint density at radius 1 is 1.33 bits per heavy atom. The molecule has 156 valence electrons. The lowest BCUT2D eigenvalue weighted by molar-refractivity contribution is 0.772. The van der Waals surface area contributed by atoms with Crippen LogP contribution in [0, 0.1) is 18.3 Å². The van der Waals surface area contributed by atoms with E-state index in [-0.39, 0.29) is 0 Å². The van der Waals surface area contributed by atoms with E-state index >= 15 is 0 Å². The molecule has 0 unspecified atom stereocenters. The molecule has 0 saturated carbocycles. The second-order valence-electron chi connectivity index (χ2n) is 7.09. The van der Waals surface area contributed by atoms with Crippen LogP contribution in [0.2, 0.25) is 5.02 Å². The van der Waals surface area contributed by atoms with Crippen molar-refractivity contribution in [1.29, 1.82) is 5.26 Å². The van der Waals surface area contributed by atoms with Gasteiger partial charge in [0.1, 0.15) is 11.9 Å². The molecule has 3 rings (SSSR count). The lowest BCUT2D eigenvalue weighted by atomic mass is 9.97. The molecule has 30 heavy (non-hydrogen) atoms. The van der Waals surface area contributed by atoms with E-state index < -0.39 is 0 Å². The van der Waals surface area contributed by atoms with Crippen molar-refractivity contribution in [3.05, 3.63) is 76.5 Å². The zero-order valence-corrected chi connectivity index (χ0v) is 18.9. The zero-order chi connectivity index (χ0) is 22.1. The monoisotopic (exact) mass is 421 g/mol. The molecule has 0 aliphatic carbocycles. The van der Waals surface area contributed by atoms with Crippen LogP contribution in [0.3, 0.4) is 0 Å². The third-order valence-corrected chi connectivity index (χ3v) is 5.24. The van der Waals surface area contributed by atoms with Gasteiger partial charge < -0.3 is 4.90 Å². The first-order valence-electron chi connectivity index (χ1n) is 9.96. The number of hydrogen-bond acceptors (Lipinski definition) is 5. The molecule has 0 radical (unpaired) electrons. The smallest absolute Gasteiger partial charge is 0.125 e. The van der Waals surface area contributed by atoms with Gasteiger partial charge in [0.05, 0.1) is 11.3 Å². The fourth-order valence-corrected chi connectivity index (χ4v) is 3.35.